The molecule has 8 nitrogen and oxygen atoms in total. The van der Waals surface area contributed by atoms with Crippen LogP contribution in [0.2, 0.25) is 0 Å². The van der Waals surface area contributed by atoms with Gasteiger partial charge in [0.2, 0.25) is 0 Å². The summed E-state index contributed by atoms with van der Waals surface area (Å²) in [6.07, 6.45) is 3.38. The van der Waals surface area contributed by atoms with Gasteiger partial charge in [0.1, 0.15) is 11.3 Å². The molecule has 1 aromatic rings. The highest BCUT2D eigenvalue weighted by molar-refractivity contribution is 5.99. The van der Waals surface area contributed by atoms with Crippen molar-refractivity contribution in [1.82, 2.24) is 15.8 Å². The number of carbonyl (C=O) groups excluding carboxylic acids is 3. The van der Waals surface area contributed by atoms with Crippen molar-refractivity contribution in [1.29, 1.82) is 0 Å². The Labute approximate surface area is 140 Å². The van der Waals surface area contributed by atoms with Gasteiger partial charge in [0.05, 0.1) is 5.69 Å². The Balaban J connectivity index is 1.87. The SMILES string of the molecule is CCc1noc(C)c1C(=O)O[C@H](C)C(=O)NC(=O)NC1CCCC1. The van der Waals surface area contributed by atoms with Gasteiger partial charge in [0.25, 0.3) is 5.91 Å². The van der Waals surface area contributed by atoms with E-state index in [1.807, 2.05) is 6.92 Å². The van der Waals surface area contributed by atoms with Gasteiger partial charge in [0, 0.05) is 6.04 Å². The zero-order valence-corrected chi connectivity index (χ0v) is 14.2. The van der Waals surface area contributed by atoms with E-state index in [4.69, 9.17) is 9.26 Å². The lowest BCUT2D eigenvalue weighted by Gasteiger charge is -2.15. The van der Waals surface area contributed by atoms with Crippen LogP contribution in [0, 0.1) is 6.92 Å². The maximum atomic E-state index is 12.2. The van der Waals surface area contributed by atoms with Gasteiger partial charge in [-0.3, -0.25) is 10.1 Å². The fraction of sp³-hybridized carbons (Fsp3) is 0.625. The quantitative estimate of drug-likeness (QED) is 0.794. The molecule has 0 spiro atoms. The van der Waals surface area contributed by atoms with E-state index in [1.54, 1.807) is 6.92 Å². The van der Waals surface area contributed by atoms with Crippen LogP contribution in [-0.4, -0.2) is 35.2 Å². The first-order valence-corrected chi connectivity index (χ1v) is 8.19. The number of nitrogens with one attached hydrogen (secondary N) is 2. The van der Waals surface area contributed by atoms with Crippen LogP contribution in [-0.2, 0) is 16.0 Å². The van der Waals surface area contributed by atoms with Gasteiger partial charge in [-0.2, -0.15) is 0 Å². The lowest BCUT2D eigenvalue weighted by atomic mass is 10.1. The molecule has 1 aromatic heterocycles. The minimum Gasteiger partial charge on any atom is -0.449 e. The predicted octanol–water partition coefficient (Wildman–Crippen LogP) is 1.86. The number of urea groups is 1. The monoisotopic (exact) mass is 337 g/mol. The Hall–Kier alpha value is -2.38. The smallest absolute Gasteiger partial charge is 0.344 e. The molecule has 0 radical (unpaired) electrons. The van der Waals surface area contributed by atoms with Crippen LogP contribution < -0.4 is 10.6 Å². The van der Waals surface area contributed by atoms with Crippen LogP contribution in [0.15, 0.2) is 4.52 Å². The molecule has 1 atom stereocenters. The average Bonchev–Trinajstić information content (AvgIpc) is 3.15. The van der Waals surface area contributed by atoms with Gasteiger partial charge in [0.15, 0.2) is 6.10 Å². The van der Waals surface area contributed by atoms with E-state index in [9.17, 15) is 14.4 Å². The number of hydrogen-bond acceptors (Lipinski definition) is 6. The van der Waals surface area contributed by atoms with E-state index in [1.165, 1.54) is 6.92 Å². The fourth-order valence-electron chi connectivity index (χ4n) is 2.70. The molecule has 1 fully saturated rings. The van der Waals surface area contributed by atoms with Crippen LogP contribution in [0.3, 0.4) is 0 Å². The number of aryl methyl sites for hydroxylation is 2. The molecule has 1 saturated carbocycles. The molecule has 1 aliphatic rings. The Morgan fingerprint density at radius 3 is 2.62 bits per heavy atom. The van der Waals surface area contributed by atoms with Crippen molar-refractivity contribution in [2.45, 2.75) is 65.0 Å². The fourth-order valence-corrected chi connectivity index (χ4v) is 2.70. The second-order valence-electron chi connectivity index (χ2n) is 5.91. The van der Waals surface area contributed by atoms with Crippen LogP contribution in [0.25, 0.3) is 0 Å². The summed E-state index contributed by atoms with van der Waals surface area (Å²) in [4.78, 5) is 35.9. The molecule has 0 saturated heterocycles. The molecule has 1 aliphatic carbocycles. The number of imide groups is 1. The third-order valence-electron chi connectivity index (χ3n) is 4.05. The molecule has 1 heterocycles. The van der Waals surface area contributed by atoms with Crippen LogP contribution in [0.5, 0.6) is 0 Å². The van der Waals surface area contributed by atoms with Gasteiger partial charge in [-0.1, -0.05) is 24.9 Å². The van der Waals surface area contributed by atoms with Crippen molar-refractivity contribution in [3.8, 4) is 0 Å². The molecule has 0 bridgehead atoms. The standard InChI is InChI=1S/C16H23N3O5/c1-4-12-13(9(2)24-19-12)15(21)23-10(3)14(20)18-16(22)17-11-7-5-6-8-11/h10-11H,4-8H2,1-3H3,(H2,17,18,20,22)/t10-/m1/s1. The Morgan fingerprint density at radius 1 is 1.33 bits per heavy atom. The van der Waals surface area contributed by atoms with Gasteiger partial charge in [-0.15, -0.1) is 0 Å². The Kier molecular flexibility index (Phi) is 5.94. The third kappa shape index (κ3) is 4.33. The predicted molar refractivity (Wildman–Crippen MR) is 84.4 cm³/mol. The van der Waals surface area contributed by atoms with E-state index in [0.717, 1.165) is 25.7 Å². The van der Waals surface area contributed by atoms with Crippen LogP contribution >= 0.6 is 0 Å². The van der Waals surface area contributed by atoms with Gasteiger partial charge < -0.3 is 14.6 Å². The summed E-state index contributed by atoms with van der Waals surface area (Å²) in [6, 6.07) is -0.465. The molecule has 0 aliphatic heterocycles. The number of rotatable bonds is 5. The van der Waals surface area contributed by atoms with Crippen molar-refractivity contribution < 1.29 is 23.6 Å². The molecular weight excluding hydrogens is 314 g/mol. The topological polar surface area (TPSA) is 111 Å². The molecule has 0 aromatic carbocycles. The molecule has 24 heavy (non-hydrogen) atoms. The number of nitrogens with zero attached hydrogens (tertiary/aromatic N) is 1. The number of ether oxygens (including phenoxy) is 1. The second kappa shape index (κ2) is 7.94. The van der Waals surface area contributed by atoms with Crippen LogP contribution in [0.1, 0.15) is 61.3 Å². The van der Waals surface area contributed by atoms with E-state index in [-0.39, 0.29) is 11.6 Å². The highest BCUT2D eigenvalue weighted by Crippen LogP contribution is 2.17. The minimum absolute atomic E-state index is 0.0995. The zero-order valence-electron chi connectivity index (χ0n) is 14.2. The highest BCUT2D eigenvalue weighted by Gasteiger charge is 2.26. The molecular formula is C16H23N3O5. The van der Waals surface area contributed by atoms with Gasteiger partial charge >= 0.3 is 12.0 Å². The first-order valence-electron chi connectivity index (χ1n) is 8.19. The number of carbonyl (C=O) groups is 3. The normalized spacial score (nSPS) is 15.8. The zero-order chi connectivity index (χ0) is 17.7. The second-order valence-corrected chi connectivity index (χ2v) is 5.91. The molecule has 2 N–H and O–H groups in total. The molecule has 8 heteroatoms. The molecule has 3 amide bonds. The largest absolute Gasteiger partial charge is 0.449 e. The van der Waals surface area contributed by atoms with Crippen LogP contribution in [0.4, 0.5) is 4.79 Å². The van der Waals surface area contributed by atoms with E-state index < -0.39 is 24.0 Å². The summed E-state index contributed by atoms with van der Waals surface area (Å²) >= 11 is 0. The number of aromatic nitrogens is 1. The van der Waals surface area contributed by atoms with E-state index in [0.29, 0.717) is 17.9 Å². The summed E-state index contributed by atoms with van der Waals surface area (Å²) in [5.74, 6) is -1.03. The molecule has 0 unspecified atom stereocenters. The Morgan fingerprint density at radius 2 is 2.00 bits per heavy atom. The summed E-state index contributed by atoms with van der Waals surface area (Å²) in [5, 5.41) is 8.70. The minimum atomic E-state index is -1.11. The van der Waals surface area contributed by atoms with Crippen molar-refractivity contribution in [3.05, 3.63) is 17.0 Å². The number of amides is 3. The summed E-state index contributed by atoms with van der Waals surface area (Å²) in [6.45, 7) is 4.84. The Bertz CT molecular complexity index is 619. The lowest BCUT2D eigenvalue weighted by molar-refractivity contribution is -0.127. The maximum Gasteiger partial charge on any atom is 0.344 e. The van der Waals surface area contributed by atoms with Gasteiger partial charge in [-0.25, -0.2) is 9.59 Å². The lowest BCUT2D eigenvalue weighted by Crippen LogP contribution is -2.47. The van der Waals surface area contributed by atoms with E-state index in [2.05, 4.69) is 15.8 Å². The average molecular weight is 337 g/mol. The first-order chi connectivity index (χ1) is 11.4. The third-order valence-corrected chi connectivity index (χ3v) is 4.05. The van der Waals surface area contributed by atoms with Crippen molar-refractivity contribution in [3.63, 3.8) is 0 Å². The molecule has 2 rings (SSSR count). The maximum absolute atomic E-state index is 12.2. The molecule has 132 valence electrons. The van der Waals surface area contributed by atoms with Crippen molar-refractivity contribution in [2.75, 3.05) is 0 Å². The highest BCUT2D eigenvalue weighted by atomic mass is 16.5. The summed E-state index contributed by atoms with van der Waals surface area (Å²) in [5.41, 5.74) is 0.705. The number of hydrogen-bond donors (Lipinski definition) is 2. The summed E-state index contributed by atoms with van der Waals surface area (Å²) in [7, 11) is 0. The van der Waals surface area contributed by atoms with E-state index >= 15 is 0 Å². The number of esters is 1. The van der Waals surface area contributed by atoms with Gasteiger partial charge in [-0.05, 0) is 33.1 Å². The summed E-state index contributed by atoms with van der Waals surface area (Å²) < 4.78 is 10.1. The van der Waals surface area contributed by atoms with Crippen molar-refractivity contribution >= 4 is 17.9 Å². The van der Waals surface area contributed by atoms with Crippen molar-refractivity contribution in [2.24, 2.45) is 0 Å². The first kappa shape index (κ1) is 18.0.